The third-order valence-electron chi connectivity index (χ3n) is 2.93. The van der Waals surface area contributed by atoms with E-state index in [1.165, 1.54) is 16.6 Å². The highest BCUT2D eigenvalue weighted by Crippen LogP contribution is 2.21. The Bertz CT molecular complexity index is 497. The molecular weight excluding hydrogens is 198 g/mol. The molecule has 3 heteroatoms. The van der Waals surface area contributed by atoms with Crippen LogP contribution in [0.2, 0.25) is 0 Å². The zero-order valence-corrected chi connectivity index (χ0v) is 10.2. The maximum atomic E-state index is 5.56. The smallest absolute Gasteiger partial charge is 0.0929 e. The predicted octanol–water partition coefficient (Wildman–Crippen LogP) is 2.43. The molecule has 0 fully saturated rings. The van der Waals surface area contributed by atoms with E-state index in [4.69, 9.17) is 5.73 Å². The number of fused-ring (bicyclic) bond motifs is 1. The van der Waals surface area contributed by atoms with Crippen molar-refractivity contribution in [3.05, 3.63) is 29.5 Å². The molecule has 16 heavy (non-hydrogen) atoms. The maximum absolute atomic E-state index is 5.56. The number of aryl methyl sites for hydroxylation is 1. The van der Waals surface area contributed by atoms with Crippen molar-refractivity contribution >= 4 is 10.9 Å². The molecule has 0 bridgehead atoms. The molecular formula is C13H19N3. The maximum Gasteiger partial charge on any atom is 0.0929 e. The molecule has 1 aromatic carbocycles. The lowest BCUT2D eigenvalue weighted by molar-refractivity contribution is 0.524. The summed E-state index contributed by atoms with van der Waals surface area (Å²) in [5, 5.41) is 5.88. The quantitative estimate of drug-likeness (QED) is 0.858. The van der Waals surface area contributed by atoms with E-state index in [2.05, 4.69) is 48.8 Å². The van der Waals surface area contributed by atoms with Crippen molar-refractivity contribution in [2.75, 3.05) is 6.54 Å². The molecule has 0 aliphatic rings. The molecule has 0 unspecified atom stereocenters. The Kier molecular flexibility index (Phi) is 2.97. The number of hydrogen-bond donors (Lipinski definition) is 1. The standard InChI is InChI=1S/C13H19N3/c1-9(2)16-10(3)12-5-4-11(6-7-14)8-13(12)15-16/h4-5,8-9H,6-7,14H2,1-3H3. The lowest BCUT2D eigenvalue weighted by atomic mass is 10.1. The van der Waals surface area contributed by atoms with Gasteiger partial charge in [0.1, 0.15) is 0 Å². The van der Waals surface area contributed by atoms with Gasteiger partial charge in [-0.05, 0) is 45.4 Å². The molecule has 0 saturated carbocycles. The van der Waals surface area contributed by atoms with Gasteiger partial charge in [0.25, 0.3) is 0 Å². The molecule has 2 N–H and O–H groups in total. The molecule has 0 radical (unpaired) electrons. The van der Waals surface area contributed by atoms with Crippen LogP contribution in [-0.4, -0.2) is 16.3 Å². The van der Waals surface area contributed by atoms with Gasteiger partial charge >= 0.3 is 0 Å². The number of rotatable bonds is 3. The van der Waals surface area contributed by atoms with Crippen molar-refractivity contribution in [3.63, 3.8) is 0 Å². The summed E-state index contributed by atoms with van der Waals surface area (Å²) >= 11 is 0. The van der Waals surface area contributed by atoms with Gasteiger partial charge in [-0.1, -0.05) is 12.1 Å². The summed E-state index contributed by atoms with van der Waals surface area (Å²) in [6, 6.07) is 6.86. The van der Waals surface area contributed by atoms with E-state index < -0.39 is 0 Å². The minimum atomic E-state index is 0.408. The molecule has 1 aromatic heterocycles. The first kappa shape index (κ1) is 11.1. The van der Waals surface area contributed by atoms with Crippen LogP contribution in [0.25, 0.3) is 10.9 Å². The Morgan fingerprint density at radius 3 is 2.75 bits per heavy atom. The number of nitrogens with two attached hydrogens (primary N) is 1. The Hall–Kier alpha value is -1.35. The Morgan fingerprint density at radius 1 is 1.38 bits per heavy atom. The van der Waals surface area contributed by atoms with Gasteiger partial charge in [0, 0.05) is 17.1 Å². The number of nitrogens with zero attached hydrogens (tertiary/aromatic N) is 2. The summed E-state index contributed by atoms with van der Waals surface area (Å²) in [6.45, 7) is 7.12. The van der Waals surface area contributed by atoms with Gasteiger partial charge in [-0.3, -0.25) is 4.68 Å². The zero-order valence-electron chi connectivity index (χ0n) is 10.2. The largest absolute Gasteiger partial charge is 0.330 e. The van der Waals surface area contributed by atoms with Gasteiger partial charge in [0.15, 0.2) is 0 Å². The van der Waals surface area contributed by atoms with Crippen LogP contribution in [0.5, 0.6) is 0 Å². The third kappa shape index (κ3) is 1.83. The van der Waals surface area contributed by atoms with Crippen molar-refractivity contribution in [1.82, 2.24) is 9.78 Å². The van der Waals surface area contributed by atoms with Crippen LogP contribution in [0.3, 0.4) is 0 Å². The number of benzene rings is 1. The summed E-state index contributed by atoms with van der Waals surface area (Å²) in [6.07, 6.45) is 0.920. The van der Waals surface area contributed by atoms with Crippen LogP contribution >= 0.6 is 0 Å². The van der Waals surface area contributed by atoms with Crippen LogP contribution in [0.4, 0.5) is 0 Å². The van der Waals surface area contributed by atoms with Gasteiger partial charge in [-0.25, -0.2) is 0 Å². The van der Waals surface area contributed by atoms with Crippen LogP contribution in [-0.2, 0) is 6.42 Å². The molecule has 1 heterocycles. The fourth-order valence-corrected chi connectivity index (χ4v) is 2.11. The first-order valence-electron chi connectivity index (χ1n) is 5.81. The fraction of sp³-hybridized carbons (Fsp3) is 0.462. The predicted molar refractivity (Wildman–Crippen MR) is 67.6 cm³/mol. The van der Waals surface area contributed by atoms with Crippen molar-refractivity contribution in [2.24, 2.45) is 5.73 Å². The lowest BCUT2D eigenvalue weighted by Gasteiger charge is -2.06. The molecule has 2 aromatic rings. The molecule has 0 aliphatic heterocycles. The Balaban J connectivity index is 2.54. The van der Waals surface area contributed by atoms with E-state index in [0.717, 1.165) is 11.9 Å². The zero-order chi connectivity index (χ0) is 11.7. The summed E-state index contributed by atoms with van der Waals surface area (Å²) in [4.78, 5) is 0. The topological polar surface area (TPSA) is 43.8 Å². The van der Waals surface area contributed by atoms with Crippen LogP contribution < -0.4 is 5.73 Å². The Labute approximate surface area is 96.2 Å². The van der Waals surface area contributed by atoms with E-state index >= 15 is 0 Å². The summed E-state index contributed by atoms with van der Waals surface area (Å²) in [5.74, 6) is 0. The molecule has 0 atom stereocenters. The second-order valence-corrected chi connectivity index (χ2v) is 4.51. The number of aromatic nitrogens is 2. The minimum Gasteiger partial charge on any atom is -0.330 e. The van der Waals surface area contributed by atoms with Gasteiger partial charge in [0.05, 0.1) is 5.52 Å². The van der Waals surface area contributed by atoms with Gasteiger partial charge in [-0.2, -0.15) is 5.10 Å². The van der Waals surface area contributed by atoms with Gasteiger partial charge < -0.3 is 5.73 Å². The summed E-state index contributed by atoms with van der Waals surface area (Å²) < 4.78 is 2.08. The monoisotopic (exact) mass is 217 g/mol. The molecule has 0 saturated heterocycles. The molecule has 3 nitrogen and oxygen atoms in total. The highest BCUT2D eigenvalue weighted by molar-refractivity contribution is 5.82. The van der Waals surface area contributed by atoms with E-state index in [1.54, 1.807) is 0 Å². The molecule has 0 amide bonds. The van der Waals surface area contributed by atoms with E-state index in [9.17, 15) is 0 Å². The second-order valence-electron chi connectivity index (χ2n) is 4.51. The van der Waals surface area contributed by atoms with Crippen LogP contribution in [0, 0.1) is 6.92 Å². The van der Waals surface area contributed by atoms with Gasteiger partial charge in [0.2, 0.25) is 0 Å². The van der Waals surface area contributed by atoms with Crippen LogP contribution in [0.1, 0.15) is 31.1 Å². The third-order valence-corrected chi connectivity index (χ3v) is 2.93. The highest BCUT2D eigenvalue weighted by Gasteiger charge is 2.09. The molecule has 2 rings (SSSR count). The van der Waals surface area contributed by atoms with Crippen molar-refractivity contribution in [3.8, 4) is 0 Å². The van der Waals surface area contributed by atoms with E-state index in [0.29, 0.717) is 12.6 Å². The van der Waals surface area contributed by atoms with E-state index in [-0.39, 0.29) is 0 Å². The summed E-state index contributed by atoms with van der Waals surface area (Å²) in [7, 11) is 0. The first-order valence-corrected chi connectivity index (χ1v) is 5.81. The Morgan fingerprint density at radius 2 is 2.12 bits per heavy atom. The highest BCUT2D eigenvalue weighted by atomic mass is 15.3. The average Bonchev–Trinajstić information content (AvgIpc) is 2.56. The van der Waals surface area contributed by atoms with Crippen LogP contribution in [0.15, 0.2) is 18.2 Å². The fourth-order valence-electron chi connectivity index (χ4n) is 2.11. The SMILES string of the molecule is Cc1c2ccc(CCN)cc2nn1C(C)C. The van der Waals surface area contributed by atoms with Crippen molar-refractivity contribution < 1.29 is 0 Å². The molecule has 0 spiro atoms. The molecule has 86 valence electrons. The minimum absolute atomic E-state index is 0.408. The lowest BCUT2D eigenvalue weighted by Crippen LogP contribution is -2.04. The number of hydrogen-bond acceptors (Lipinski definition) is 2. The second kappa shape index (κ2) is 4.26. The normalized spacial score (nSPS) is 11.6. The van der Waals surface area contributed by atoms with Crippen molar-refractivity contribution in [1.29, 1.82) is 0 Å². The van der Waals surface area contributed by atoms with Crippen molar-refractivity contribution in [2.45, 2.75) is 33.2 Å². The van der Waals surface area contributed by atoms with E-state index in [1.807, 2.05) is 0 Å². The average molecular weight is 217 g/mol. The summed E-state index contributed by atoms with van der Waals surface area (Å²) in [5.41, 5.74) is 9.15. The first-order chi connectivity index (χ1) is 7.63. The van der Waals surface area contributed by atoms with Gasteiger partial charge in [-0.15, -0.1) is 0 Å². The molecule has 0 aliphatic carbocycles.